The van der Waals surface area contributed by atoms with Crippen LogP contribution in [-0.4, -0.2) is 57.6 Å². The molecule has 0 aliphatic carbocycles. The minimum atomic E-state index is -3.83. The Labute approximate surface area is 236 Å². The molecule has 0 radical (unpaired) electrons. The van der Waals surface area contributed by atoms with Gasteiger partial charge in [-0.05, 0) is 60.9 Å². The molecule has 214 valence electrons. The van der Waals surface area contributed by atoms with Crippen molar-refractivity contribution in [3.05, 3.63) is 90.0 Å². The summed E-state index contributed by atoms with van der Waals surface area (Å²) in [4.78, 5) is 28.1. The van der Waals surface area contributed by atoms with E-state index in [1.807, 2.05) is 49.4 Å². The van der Waals surface area contributed by atoms with Gasteiger partial charge in [-0.1, -0.05) is 49.4 Å². The summed E-state index contributed by atoms with van der Waals surface area (Å²) in [7, 11) is -2.27. The van der Waals surface area contributed by atoms with E-state index >= 15 is 0 Å². The van der Waals surface area contributed by atoms with Crippen molar-refractivity contribution in [3.63, 3.8) is 0 Å². The number of likely N-dealkylation sites (N-methyl/N-ethyl adjacent to an activating group) is 1. The topological polar surface area (TPSA) is 105 Å². The van der Waals surface area contributed by atoms with Crippen molar-refractivity contribution in [1.82, 2.24) is 10.2 Å². The van der Waals surface area contributed by atoms with E-state index < -0.39 is 28.5 Å². The SMILES string of the molecule is CCNC(=O)[C@H](CC)N(Cc1ccc(OC)cc1)C(=O)CN(c1ccc(OCc2ccccc2)cc1)S(C)(=O)=O. The van der Waals surface area contributed by atoms with Crippen molar-refractivity contribution in [2.24, 2.45) is 0 Å². The summed E-state index contributed by atoms with van der Waals surface area (Å²) in [5.74, 6) is 0.439. The molecule has 0 fully saturated rings. The predicted molar refractivity (Wildman–Crippen MR) is 156 cm³/mol. The lowest BCUT2D eigenvalue weighted by molar-refractivity contribution is -0.140. The van der Waals surface area contributed by atoms with Crippen LogP contribution in [0.3, 0.4) is 0 Å². The molecule has 0 aromatic heterocycles. The number of methoxy groups -OCH3 is 1. The summed E-state index contributed by atoms with van der Waals surface area (Å²) in [6.45, 7) is 4.06. The van der Waals surface area contributed by atoms with Crippen molar-refractivity contribution in [2.75, 3.05) is 30.8 Å². The van der Waals surface area contributed by atoms with Gasteiger partial charge in [-0.2, -0.15) is 0 Å². The van der Waals surface area contributed by atoms with E-state index in [1.54, 1.807) is 50.4 Å². The van der Waals surface area contributed by atoms with E-state index in [0.717, 1.165) is 21.7 Å². The number of carbonyl (C=O) groups is 2. The van der Waals surface area contributed by atoms with Crippen LogP contribution < -0.4 is 19.1 Å². The van der Waals surface area contributed by atoms with Gasteiger partial charge >= 0.3 is 0 Å². The molecule has 0 spiro atoms. The number of hydrogen-bond donors (Lipinski definition) is 1. The normalized spacial score (nSPS) is 11.8. The number of anilines is 1. The standard InChI is InChI=1S/C30H37N3O6S/c1-5-28(30(35)31-6-2)32(20-23-12-16-26(38-3)17-13-23)29(34)21-33(40(4,36)37)25-14-18-27(19-15-25)39-22-24-10-8-7-9-11-24/h7-19,28H,5-6,20-22H2,1-4H3,(H,31,35)/t28-/m0/s1. The molecule has 3 rings (SSSR count). The number of benzene rings is 3. The molecule has 0 saturated carbocycles. The Balaban J connectivity index is 1.84. The second-order valence-corrected chi connectivity index (χ2v) is 11.1. The van der Waals surface area contributed by atoms with Gasteiger partial charge in [0.05, 0.1) is 19.1 Å². The van der Waals surface area contributed by atoms with E-state index in [9.17, 15) is 18.0 Å². The Morgan fingerprint density at radius 1 is 0.875 bits per heavy atom. The van der Waals surface area contributed by atoms with Crippen LogP contribution in [0.2, 0.25) is 0 Å². The molecule has 0 aliphatic rings. The fourth-order valence-corrected chi connectivity index (χ4v) is 5.05. The van der Waals surface area contributed by atoms with Crippen LogP contribution in [0, 0.1) is 0 Å². The minimum Gasteiger partial charge on any atom is -0.497 e. The van der Waals surface area contributed by atoms with Gasteiger partial charge in [-0.25, -0.2) is 8.42 Å². The largest absolute Gasteiger partial charge is 0.497 e. The number of rotatable bonds is 14. The zero-order valence-corrected chi connectivity index (χ0v) is 24.2. The van der Waals surface area contributed by atoms with Gasteiger partial charge in [-0.15, -0.1) is 0 Å². The average molecular weight is 568 g/mol. The number of nitrogens with zero attached hydrogens (tertiary/aromatic N) is 2. The van der Waals surface area contributed by atoms with Crippen LogP contribution >= 0.6 is 0 Å². The molecule has 1 N–H and O–H groups in total. The zero-order valence-electron chi connectivity index (χ0n) is 23.4. The van der Waals surface area contributed by atoms with Gasteiger partial charge in [0.1, 0.15) is 30.7 Å². The van der Waals surface area contributed by atoms with Gasteiger partial charge in [0.2, 0.25) is 21.8 Å². The minimum absolute atomic E-state index is 0.127. The van der Waals surface area contributed by atoms with E-state index in [2.05, 4.69) is 5.32 Å². The van der Waals surface area contributed by atoms with E-state index in [0.29, 0.717) is 36.8 Å². The summed E-state index contributed by atoms with van der Waals surface area (Å²) in [6.07, 6.45) is 1.41. The third-order valence-electron chi connectivity index (χ3n) is 6.30. The molecule has 40 heavy (non-hydrogen) atoms. The van der Waals surface area contributed by atoms with Crippen LogP contribution in [0.25, 0.3) is 0 Å². The van der Waals surface area contributed by atoms with Crippen molar-refractivity contribution < 1.29 is 27.5 Å². The lowest BCUT2D eigenvalue weighted by atomic mass is 10.1. The number of ether oxygens (including phenoxy) is 2. The summed E-state index contributed by atoms with van der Waals surface area (Å²) >= 11 is 0. The first-order valence-electron chi connectivity index (χ1n) is 13.1. The Hall–Kier alpha value is -4.05. The monoisotopic (exact) mass is 567 g/mol. The van der Waals surface area contributed by atoms with Crippen molar-refractivity contribution >= 4 is 27.5 Å². The fourth-order valence-electron chi connectivity index (χ4n) is 4.20. The highest BCUT2D eigenvalue weighted by Crippen LogP contribution is 2.24. The van der Waals surface area contributed by atoms with Crippen LogP contribution in [0.4, 0.5) is 5.69 Å². The maximum absolute atomic E-state index is 13.7. The number of sulfonamides is 1. The number of carbonyl (C=O) groups excluding carboxylic acids is 2. The van der Waals surface area contributed by atoms with Gasteiger partial charge in [0, 0.05) is 13.1 Å². The maximum atomic E-state index is 13.7. The zero-order chi connectivity index (χ0) is 29.1. The highest BCUT2D eigenvalue weighted by Gasteiger charge is 2.31. The average Bonchev–Trinajstić information content (AvgIpc) is 2.95. The first kappa shape index (κ1) is 30.5. The van der Waals surface area contributed by atoms with E-state index in [1.165, 1.54) is 4.90 Å². The van der Waals surface area contributed by atoms with Gasteiger partial charge in [0.15, 0.2) is 0 Å². The first-order valence-corrected chi connectivity index (χ1v) is 15.0. The van der Waals surface area contributed by atoms with E-state index in [4.69, 9.17) is 9.47 Å². The molecule has 2 amide bonds. The molecule has 10 heteroatoms. The molecule has 0 bridgehead atoms. The Kier molecular flexibility index (Phi) is 11.0. The Morgan fingerprint density at radius 3 is 2.05 bits per heavy atom. The molecule has 3 aromatic carbocycles. The molecule has 0 aliphatic heterocycles. The Bertz CT molecular complexity index is 1350. The van der Waals surface area contributed by atoms with Crippen LogP contribution in [0.1, 0.15) is 31.4 Å². The molecule has 0 heterocycles. The van der Waals surface area contributed by atoms with Crippen molar-refractivity contribution in [1.29, 1.82) is 0 Å². The highest BCUT2D eigenvalue weighted by molar-refractivity contribution is 7.92. The van der Waals surface area contributed by atoms with Crippen LogP contribution in [-0.2, 0) is 32.8 Å². The molecule has 0 saturated heterocycles. The fraction of sp³-hybridized carbons (Fsp3) is 0.333. The molecule has 9 nitrogen and oxygen atoms in total. The predicted octanol–water partition coefficient (Wildman–Crippen LogP) is 3.98. The summed E-state index contributed by atoms with van der Waals surface area (Å²) < 4.78 is 37.7. The molecular formula is C30H37N3O6S. The lowest BCUT2D eigenvalue weighted by Crippen LogP contribution is -2.52. The van der Waals surface area contributed by atoms with Gasteiger partial charge < -0.3 is 19.7 Å². The molecule has 3 aromatic rings. The van der Waals surface area contributed by atoms with Crippen LogP contribution in [0.15, 0.2) is 78.9 Å². The highest BCUT2D eigenvalue weighted by atomic mass is 32.2. The third-order valence-corrected chi connectivity index (χ3v) is 7.44. The summed E-state index contributed by atoms with van der Waals surface area (Å²) in [5.41, 5.74) is 2.10. The van der Waals surface area contributed by atoms with Crippen molar-refractivity contribution in [2.45, 2.75) is 39.5 Å². The Morgan fingerprint density at radius 2 is 1.50 bits per heavy atom. The van der Waals surface area contributed by atoms with Crippen molar-refractivity contribution in [3.8, 4) is 11.5 Å². The van der Waals surface area contributed by atoms with Crippen LogP contribution in [0.5, 0.6) is 11.5 Å². The molecular weight excluding hydrogens is 530 g/mol. The smallest absolute Gasteiger partial charge is 0.244 e. The summed E-state index contributed by atoms with van der Waals surface area (Å²) in [5, 5.41) is 2.78. The maximum Gasteiger partial charge on any atom is 0.244 e. The third kappa shape index (κ3) is 8.47. The van der Waals surface area contributed by atoms with Gasteiger partial charge in [0.25, 0.3) is 0 Å². The molecule has 1 atom stereocenters. The summed E-state index contributed by atoms with van der Waals surface area (Å²) in [6, 6.07) is 22.6. The lowest BCUT2D eigenvalue weighted by Gasteiger charge is -2.32. The second-order valence-electron chi connectivity index (χ2n) is 9.23. The number of nitrogens with one attached hydrogen (secondary N) is 1. The number of amides is 2. The van der Waals surface area contributed by atoms with E-state index in [-0.39, 0.29) is 12.5 Å². The van der Waals surface area contributed by atoms with Gasteiger partial charge in [-0.3, -0.25) is 13.9 Å². The number of hydrogen-bond acceptors (Lipinski definition) is 6. The first-order chi connectivity index (χ1) is 19.2. The second kappa shape index (κ2) is 14.4. The molecule has 0 unspecified atom stereocenters. The quantitative estimate of drug-likeness (QED) is 0.316.